The number of carboxylic acid groups (broad SMARTS) is 1. The van der Waals surface area contributed by atoms with E-state index in [4.69, 9.17) is 10.8 Å². The van der Waals surface area contributed by atoms with Crippen LogP contribution in [-0.4, -0.2) is 66.6 Å². The second-order valence-electron chi connectivity index (χ2n) is 4.38. The standard InChI is InChI=1S/C11H20N4O4/c12-8(11(18)19)7-14-9(16)1-2-10(17)15-5-3-13-4-6-15/h8,13H,1-7,12H2,(H,14,16)(H,18,19). The topological polar surface area (TPSA) is 125 Å². The summed E-state index contributed by atoms with van der Waals surface area (Å²) in [6.45, 7) is 2.72. The number of amides is 2. The Balaban J connectivity index is 2.18. The van der Waals surface area contributed by atoms with Gasteiger partial charge in [0.25, 0.3) is 0 Å². The van der Waals surface area contributed by atoms with E-state index in [2.05, 4.69) is 10.6 Å². The second kappa shape index (κ2) is 7.70. The Morgan fingerprint density at radius 2 is 1.89 bits per heavy atom. The largest absolute Gasteiger partial charge is 0.480 e. The van der Waals surface area contributed by atoms with Crippen molar-refractivity contribution in [2.45, 2.75) is 18.9 Å². The van der Waals surface area contributed by atoms with Crippen molar-refractivity contribution >= 4 is 17.8 Å². The van der Waals surface area contributed by atoms with Gasteiger partial charge in [0.15, 0.2) is 0 Å². The van der Waals surface area contributed by atoms with E-state index in [0.717, 1.165) is 13.1 Å². The Bertz CT molecular complexity index is 342. The minimum absolute atomic E-state index is 0.0507. The molecule has 108 valence electrons. The zero-order chi connectivity index (χ0) is 14.3. The van der Waals surface area contributed by atoms with Crippen LogP contribution < -0.4 is 16.4 Å². The SMILES string of the molecule is NC(CNC(=O)CCC(=O)N1CCNCC1)C(=O)O. The lowest BCUT2D eigenvalue weighted by molar-refractivity contribution is -0.138. The minimum Gasteiger partial charge on any atom is -0.480 e. The van der Waals surface area contributed by atoms with Gasteiger partial charge in [-0.05, 0) is 0 Å². The molecular formula is C11H20N4O4. The first kappa shape index (κ1) is 15.4. The number of aliphatic carboxylic acids is 1. The number of rotatable bonds is 6. The molecule has 0 aromatic rings. The number of piperazine rings is 1. The normalized spacial score (nSPS) is 16.8. The molecule has 2 amide bonds. The summed E-state index contributed by atoms with van der Waals surface area (Å²) in [4.78, 5) is 35.3. The first-order chi connectivity index (χ1) is 9.00. The van der Waals surface area contributed by atoms with Gasteiger partial charge in [0.2, 0.25) is 11.8 Å². The molecular weight excluding hydrogens is 252 g/mol. The lowest BCUT2D eigenvalue weighted by Crippen LogP contribution is -2.46. The summed E-state index contributed by atoms with van der Waals surface area (Å²) in [6, 6.07) is -1.12. The van der Waals surface area contributed by atoms with Crippen LogP contribution in [0.5, 0.6) is 0 Å². The summed E-state index contributed by atoms with van der Waals surface area (Å²) in [6.07, 6.45) is 0.184. The van der Waals surface area contributed by atoms with Crippen LogP contribution >= 0.6 is 0 Å². The fourth-order valence-electron chi connectivity index (χ4n) is 1.69. The van der Waals surface area contributed by atoms with Crippen LogP contribution in [0, 0.1) is 0 Å². The molecule has 5 N–H and O–H groups in total. The zero-order valence-electron chi connectivity index (χ0n) is 10.7. The fourth-order valence-corrected chi connectivity index (χ4v) is 1.69. The first-order valence-electron chi connectivity index (χ1n) is 6.24. The molecule has 1 aliphatic heterocycles. The van der Waals surface area contributed by atoms with Gasteiger partial charge in [0, 0.05) is 45.6 Å². The average molecular weight is 272 g/mol. The summed E-state index contributed by atoms with van der Waals surface area (Å²) in [5, 5.41) is 14.1. The van der Waals surface area contributed by atoms with Gasteiger partial charge in [-0.3, -0.25) is 14.4 Å². The molecule has 19 heavy (non-hydrogen) atoms. The van der Waals surface area contributed by atoms with E-state index in [1.54, 1.807) is 4.90 Å². The molecule has 1 saturated heterocycles. The van der Waals surface area contributed by atoms with Crippen LogP contribution in [0.2, 0.25) is 0 Å². The molecule has 1 fully saturated rings. The Labute approximate surface area is 111 Å². The van der Waals surface area contributed by atoms with Crippen LogP contribution in [0.15, 0.2) is 0 Å². The average Bonchev–Trinajstić information content (AvgIpc) is 2.42. The number of nitrogens with zero attached hydrogens (tertiary/aromatic N) is 1. The number of nitrogens with one attached hydrogen (secondary N) is 2. The van der Waals surface area contributed by atoms with E-state index in [9.17, 15) is 14.4 Å². The minimum atomic E-state index is -1.17. The van der Waals surface area contributed by atoms with Crippen molar-refractivity contribution in [2.75, 3.05) is 32.7 Å². The Kier molecular flexibility index (Phi) is 6.23. The van der Waals surface area contributed by atoms with Gasteiger partial charge < -0.3 is 26.4 Å². The van der Waals surface area contributed by atoms with Crippen LogP contribution in [0.1, 0.15) is 12.8 Å². The molecule has 1 unspecified atom stereocenters. The van der Waals surface area contributed by atoms with Crippen molar-refractivity contribution < 1.29 is 19.5 Å². The number of carboxylic acids is 1. The highest BCUT2D eigenvalue weighted by atomic mass is 16.4. The quantitative estimate of drug-likeness (QED) is 0.432. The van der Waals surface area contributed by atoms with E-state index in [0.29, 0.717) is 13.1 Å². The van der Waals surface area contributed by atoms with Crippen LogP contribution in [0.4, 0.5) is 0 Å². The van der Waals surface area contributed by atoms with Crippen molar-refractivity contribution in [1.82, 2.24) is 15.5 Å². The third kappa shape index (κ3) is 5.66. The van der Waals surface area contributed by atoms with Crippen molar-refractivity contribution in [2.24, 2.45) is 5.73 Å². The number of carbonyl (C=O) groups is 3. The molecule has 0 aromatic heterocycles. The molecule has 1 rings (SSSR count). The first-order valence-corrected chi connectivity index (χ1v) is 6.24. The predicted octanol–water partition coefficient (Wildman–Crippen LogP) is -2.27. The Hall–Kier alpha value is -1.67. The van der Waals surface area contributed by atoms with Gasteiger partial charge in [-0.25, -0.2) is 0 Å². The highest BCUT2D eigenvalue weighted by Gasteiger charge is 2.17. The summed E-state index contributed by atoms with van der Waals surface area (Å²) in [5.41, 5.74) is 5.24. The molecule has 8 nitrogen and oxygen atoms in total. The second-order valence-corrected chi connectivity index (χ2v) is 4.38. The summed E-state index contributed by atoms with van der Waals surface area (Å²) >= 11 is 0. The molecule has 0 aromatic carbocycles. The van der Waals surface area contributed by atoms with Gasteiger partial charge in [-0.1, -0.05) is 0 Å². The molecule has 8 heteroatoms. The van der Waals surface area contributed by atoms with Crippen molar-refractivity contribution in [3.05, 3.63) is 0 Å². The van der Waals surface area contributed by atoms with Crippen LogP contribution in [-0.2, 0) is 14.4 Å². The van der Waals surface area contributed by atoms with E-state index in [1.807, 2.05) is 0 Å². The van der Waals surface area contributed by atoms with E-state index < -0.39 is 12.0 Å². The van der Waals surface area contributed by atoms with E-state index >= 15 is 0 Å². The lowest BCUT2D eigenvalue weighted by Gasteiger charge is -2.27. The summed E-state index contributed by atoms with van der Waals surface area (Å²) < 4.78 is 0. The van der Waals surface area contributed by atoms with Crippen molar-refractivity contribution in [3.8, 4) is 0 Å². The molecule has 0 bridgehead atoms. The highest BCUT2D eigenvalue weighted by Crippen LogP contribution is 2.00. The molecule has 0 radical (unpaired) electrons. The molecule has 1 aliphatic rings. The van der Waals surface area contributed by atoms with Crippen molar-refractivity contribution in [1.29, 1.82) is 0 Å². The van der Waals surface area contributed by atoms with Gasteiger partial charge in [0.1, 0.15) is 6.04 Å². The fraction of sp³-hybridized carbons (Fsp3) is 0.727. The maximum atomic E-state index is 11.7. The van der Waals surface area contributed by atoms with Gasteiger partial charge >= 0.3 is 5.97 Å². The van der Waals surface area contributed by atoms with Gasteiger partial charge in [0.05, 0.1) is 0 Å². The third-order valence-electron chi connectivity index (χ3n) is 2.87. The third-order valence-corrected chi connectivity index (χ3v) is 2.87. The van der Waals surface area contributed by atoms with E-state index in [-0.39, 0.29) is 31.2 Å². The Morgan fingerprint density at radius 1 is 1.26 bits per heavy atom. The molecule has 0 saturated carbocycles. The molecule has 0 aliphatic carbocycles. The van der Waals surface area contributed by atoms with Crippen LogP contribution in [0.25, 0.3) is 0 Å². The van der Waals surface area contributed by atoms with Crippen LogP contribution in [0.3, 0.4) is 0 Å². The maximum absolute atomic E-state index is 11.7. The predicted molar refractivity (Wildman–Crippen MR) is 67.3 cm³/mol. The summed E-state index contributed by atoms with van der Waals surface area (Å²) in [7, 11) is 0. The van der Waals surface area contributed by atoms with E-state index in [1.165, 1.54) is 0 Å². The van der Waals surface area contributed by atoms with Gasteiger partial charge in [-0.2, -0.15) is 0 Å². The number of carbonyl (C=O) groups excluding carboxylic acids is 2. The molecule has 1 atom stereocenters. The van der Waals surface area contributed by atoms with Crippen molar-refractivity contribution in [3.63, 3.8) is 0 Å². The number of nitrogens with two attached hydrogens (primary N) is 1. The number of hydrogen-bond donors (Lipinski definition) is 4. The summed E-state index contributed by atoms with van der Waals surface area (Å²) in [5.74, 6) is -1.59. The smallest absolute Gasteiger partial charge is 0.322 e. The number of hydrogen-bond acceptors (Lipinski definition) is 5. The highest BCUT2D eigenvalue weighted by molar-refractivity contribution is 5.84. The lowest BCUT2D eigenvalue weighted by atomic mass is 10.2. The monoisotopic (exact) mass is 272 g/mol. The zero-order valence-corrected chi connectivity index (χ0v) is 10.7. The van der Waals surface area contributed by atoms with Gasteiger partial charge in [-0.15, -0.1) is 0 Å². The molecule has 0 spiro atoms. The molecule has 1 heterocycles. The maximum Gasteiger partial charge on any atom is 0.322 e. The Morgan fingerprint density at radius 3 is 2.47 bits per heavy atom.